The van der Waals surface area contributed by atoms with Crippen LogP contribution in [0.25, 0.3) is 0 Å². The van der Waals surface area contributed by atoms with E-state index in [1.807, 2.05) is 13.1 Å². The predicted molar refractivity (Wildman–Crippen MR) is 211 cm³/mol. The Hall–Kier alpha value is -2.10. The van der Waals surface area contributed by atoms with Crippen molar-refractivity contribution in [1.29, 1.82) is 0 Å². The highest BCUT2D eigenvalue weighted by molar-refractivity contribution is 8.76. The molecule has 0 saturated heterocycles. The monoisotopic (exact) mass is 781 g/mol. The standard InChI is InChI=1S/C40H63NO10S2/c1-24(2)6-7-26-17-30(11-9-28(26)21-41-3)51-36-18-27-8-10-29(50-23-43)19-33(44)32(14-25-15-37(48-4)40(47)38(16-25)49-5)35(46)22-52-53-39(12-13-42)31(27)20-34(36)45/h15-16,18,20,24,26,28-30,32-33,35,39,41-47H,6-14,17,19,21-23H2,1-5H3/t26-,28-,29-,30+,32-,33+,35+,39-/m0/s1. The molecule has 53 heavy (non-hydrogen) atoms. The van der Waals surface area contributed by atoms with Crippen molar-refractivity contribution in [2.75, 3.05) is 47.0 Å². The Labute approximate surface area is 323 Å². The van der Waals surface area contributed by atoms with Crippen LogP contribution in [-0.4, -0.2) is 102 Å². The lowest BCUT2D eigenvalue weighted by atomic mass is 9.75. The molecule has 2 aromatic rings. The highest BCUT2D eigenvalue weighted by Crippen LogP contribution is 2.47. The van der Waals surface area contributed by atoms with Gasteiger partial charge >= 0.3 is 0 Å². The van der Waals surface area contributed by atoms with Crippen LogP contribution < -0.4 is 19.5 Å². The number of fused-ring (bicyclic) bond motifs is 1. The van der Waals surface area contributed by atoms with Gasteiger partial charge in [0.15, 0.2) is 23.0 Å². The summed E-state index contributed by atoms with van der Waals surface area (Å²) in [5.41, 5.74) is 2.53. The molecule has 1 saturated carbocycles. The second kappa shape index (κ2) is 21.8. The van der Waals surface area contributed by atoms with Crippen LogP contribution in [0.3, 0.4) is 0 Å². The van der Waals surface area contributed by atoms with Crippen molar-refractivity contribution in [2.24, 2.45) is 23.7 Å². The number of aromatic hydroxyl groups is 2. The van der Waals surface area contributed by atoms with Crippen molar-refractivity contribution in [3.05, 3.63) is 41.0 Å². The van der Waals surface area contributed by atoms with Crippen molar-refractivity contribution in [2.45, 2.75) is 108 Å². The third-order valence-corrected chi connectivity index (χ3v) is 13.7. The number of benzene rings is 2. The van der Waals surface area contributed by atoms with E-state index in [-0.39, 0.29) is 59.6 Å². The average Bonchev–Trinajstić information content (AvgIpc) is 3.14. The van der Waals surface area contributed by atoms with Crippen molar-refractivity contribution >= 4 is 21.6 Å². The van der Waals surface area contributed by atoms with Crippen LogP contribution in [0.5, 0.6) is 28.7 Å². The van der Waals surface area contributed by atoms with Crippen LogP contribution >= 0.6 is 21.6 Å². The fraction of sp³-hybridized carbons (Fsp3) is 0.700. The summed E-state index contributed by atoms with van der Waals surface area (Å²) in [5.74, 6) is 2.28. The maximum Gasteiger partial charge on any atom is 0.200 e. The van der Waals surface area contributed by atoms with Gasteiger partial charge in [-0.15, -0.1) is 0 Å². The first kappa shape index (κ1) is 43.6. The number of phenolic OH excluding ortho intramolecular Hbond substituents is 2. The molecule has 1 aliphatic heterocycles. The van der Waals surface area contributed by atoms with Gasteiger partial charge in [-0.1, -0.05) is 41.9 Å². The maximum atomic E-state index is 11.7. The largest absolute Gasteiger partial charge is 0.504 e. The Kier molecular flexibility index (Phi) is 18.0. The third kappa shape index (κ3) is 12.4. The zero-order valence-electron chi connectivity index (χ0n) is 32.0. The van der Waals surface area contributed by atoms with Gasteiger partial charge in [0.1, 0.15) is 6.79 Å². The highest BCUT2D eigenvalue weighted by Gasteiger charge is 2.34. The van der Waals surface area contributed by atoms with Crippen LogP contribution in [-0.2, 0) is 17.6 Å². The normalized spacial score (nSPS) is 27.3. The molecule has 0 radical (unpaired) electrons. The molecule has 0 unspecified atom stereocenters. The predicted octanol–water partition coefficient (Wildman–Crippen LogP) is 5.99. The minimum absolute atomic E-state index is 0.00953. The average molecular weight is 782 g/mol. The Morgan fingerprint density at radius 2 is 1.60 bits per heavy atom. The third-order valence-electron chi connectivity index (χ3n) is 10.9. The second-order valence-corrected chi connectivity index (χ2v) is 17.7. The van der Waals surface area contributed by atoms with E-state index in [1.165, 1.54) is 42.2 Å². The number of phenols is 2. The van der Waals surface area contributed by atoms with E-state index in [9.17, 15) is 30.6 Å². The summed E-state index contributed by atoms with van der Waals surface area (Å²) in [6, 6.07) is 7.03. The number of hydrogen-bond acceptors (Lipinski definition) is 13. The molecule has 300 valence electrons. The molecule has 7 N–H and O–H groups in total. The second-order valence-electron chi connectivity index (χ2n) is 15.0. The van der Waals surface area contributed by atoms with Gasteiger partial charge in [-0.25, -0.2) is 0 Å². The Balaban J connectivity index is 1.61. The van der Waals surface area contributed by atoms with E-state index in [0.29, 0.717) is 48.3 Å². The molecule has 2 aromatic carbocycles. The SMILES string of the molecule is CNC[C@@H]1CC[C@@H](Oc2cc3c(cc2O)[C@H](CCO)SSC[C@@H](O)[C@@H](Cc2cc(OC)c(O)c(OC)c2)[C@H](O)C[C@@H](OCO)CC3)C[C@@H]1CCC(C)C. The summed E-state index contributed by atoms with van der Waals surface area (Å²) < 4.78 is 23.1. The molecule has 13 heteroatoms. The van der Waals surface area contributed by atoms with E-state index in [1.54, 1.807) is 18.2 Å². The number of ether oxygens (including phenoxy) is 4. The van der Waals surface area contributed by atoms with Gasteiger partial charge in [0.25, 0.3) is 0 Å². The van der Waals surface area contributed by atoms with E-state index in [0.717, 1.165) is 43.4 Å². The summed E-state index contributed by atoms with van der Waals surface area (Å²) in [6.07, 6.45) is 4.59. The number of aliphatic hydroxyl groups excluding tert-OH is 4. The highest BCUT2D eigenvalue weighted by atomic mass is 33.1. The maximum absolute atomic E-state index is 11.7. The van der Waals surface area contributed by atoms with Crippen LogP contribution in [0.2, 0.25) is 0 Å². The van der Waals surface area contributed by atoms with Gasteiger partial charge in [-0.2, -0.15) is 0 Å². The molecule has 11 nitrogen and oxygen atoms in total. The lowest BCUT2D eigenvalue weighted by molar-refractivity contribution is -0.0808. The molecule has 0 amide bonds. The van der Waals surface area contributed by atoms with Crippen LogP contribution in [0, 0.1) is 23.7 Å². The minimum Gasteiger partial charge on any atom is -0.504 e. The summed E-state index contributed by atoms with van der Waals surface area (Å²) in [6.45, 7) is 4.93. The van der Waals surface area contributed by atoms with Gasteiger partial charge in [0.2, 0.25) is 5.75 Å². The molecular weight excluding hydrogens is 719 g/mol. The lowest BCUT2D eigenvalue weighted by Gasteiger charge is -2.37. The summed E-state index contributed by atoms with van der Waals surface area (Å²) >= 11 is 0. The van der Waals surface area contributed by atoms with Crippen molar-refractivity contribution < 1.29 is 49.6 Å². The zero-order valence-corrected chi connectivity index (χ0v) is 33.7. The van der Waals surface area contributed by atoms with E-state index < -0.39 is 31.0 Å². The van der Waals surface area contributed by atoms with E-state index in [2.05, 4.69) is 19.2 Å². The number of rotatable bonds is 15. The number of nitrogens with one attached hydrogen (secondary N) is 1. The Morgan fingerprint density at radius 3 is 2.25 bits per heavy atom. The van der Waals surface area contributed by atoms with Crippen molar-refractivity contribution in [3.63, 3.8) is 0 Å². The van der Waals surface area contributed by atoms with Crippen molar-refractivity contribution in [3.8, 4) is 28.7 Å². The summed E-state index contributed by atoms with van der Waals surface area (Å²) in [4.78, 5) is 0. The first-order chi connectivity index (χ1) is 25.5. The zero-order chi connectivity index (χ0) is 38.5. The fourth-order valence-electron chi connectivity index (χ4n) is 7.93. The van der Waals surface area contributed by atoms with Crippen LogP contribution in [0.4, 0.5) is 0 Å². The van der Waals surface area contributed by atoms with Gasteiger partial charge < -0.3 is 54.9 Å². The molecule has 0 bridgehead atoms. The molecule has 4 rings (SSSR count). The first-order valence-electron chi connectivity index (χ1n) is 19.1. The molecular formula is C40H63NO10S2. The Bertz CT molecular complexity index is 1370. The quantitative estimate of drug-likeness (QED) is 0.0832. The molecule has 1 heterocycles. The van der Waals surface area contributed by atoms with E-state index in [4.69, 9.17) is 18.9 Å². The first-order valence-corrected chi connectivity index (χ1v) is 21.5. The number of methoxy groups -OCH3 is 2. The molecule has 1 fully saturated rings. The Morgan fingerprint density at radius 1 is 0.868 bits per heavy atom. The number of hydrogen-bond donors (Lipinski definition) is 7. The molecule has 0 spiro atoms. The van der Waals surface area contributed by atoms with Crippen LogP contribution in [0.1, 0.15) is 87.2 Å². The van der Waals surface area contributed by atoms with Gasteiger partial charge in [0.05, 0.1) is 38.6 Å². The van der Waals surface area contributed by atoms with Gasteiger partial charge in [-0.3, -0.25) is 0 Å². The minimum atomic E-state index is -0.994. The van der Waals surface area contributed by atoms with Crippen molar-refractivity contribution in [1.82, 2.24) is 5.32 Å². The van der Waals surface area contributed by atoms with Gasteiger partial charge in [0, 0.05) is 23.5 Å². The van der Waals surface area contributed by atoms with Crippen LogP contribution in [0.15, 0.2) is 24.3 Å². The van der Waals surface area contributed by atoms with Gasteiger partial charge in [-0.05, 0) is 130 Å². The smallest absolute Gasteiger partial charge is 0.200 e. The summed E-state index contributed by atoms with van der Waals surface area (Å²) in [5, 5.41) is 68.2. The molecule has 0 aromatic heterocycles. The summed E-state index contributed by atoms with van der Waals surface area (Å²) in [7, 11) is 7.88. The molecule has 1 aliphatic carbocycles. The van der Waals surface area contributed by atoms with E-state index >= 15 is 0 Å². The number of aryl methyl sites for hydroxylation is 1. The lowest BCUT2D eigenvalue weighted by Crippen LogP contribution is -2.38. The molecule has 2 aliphatic rings. The fourth-order valence-corrected chi connectivity index (χ4v) is 10.8. The number of aliphatic hydroxyl groups is 4. The molecule has 8 atom stereocenters. The topological polar surface area (TPSA) is 170 Å².